The van der Waals surface area contributed by atoms with Crippen molar-refractivity contribution in [3.63, 3.8) is 0 Å². The maximum absolute atomic E-state index is 12.0. The Kier molecular flexibility index (Phi) is 4.97. The molecule has 5 rings (SSSR count). The summed E-state index contributed by atoms with van der Waals surface area (Å²) in [5.74, 6) is 0.748. The van der Waals surface area contributed by atoms with E-state index < -0.39 is 5.91 Å². The van der Waals surface area contributed by atoms with Crippen LogP contribution < -0.4 is 15.8 Å². The summed E-state index contributed by atoms with van der Waals surface area (Å²) >= 11 is 0. The Bertz CT molecular complexity index is 1300. The molecule has 2 heterocycles. The minimum atomic E-state index is -0.595. The first-order chi connectivity index (χ1) is 15.5. The van der Waals surface area contributed by atoms with E-state index in [-0.39, 0.29) is 11.7 Å². The van der Waals surface area contributed by atoms with Gasteiger partial charge >= 0.3 is 0 Å². The van der Waals surface area contributed by atoms with Crippen molar-refractivity contribution >= 4 is 22.5 Å². The number of fused-ring (bicyclic) bond motifs is 1. The molecule has 0 radical (unpaired) electrons. The molecule has 0 bridgehead atoms. The van der Waals surface area contributed by atoms with Crippen LogP contribution in [0.1, 0.15) is 30.3 Å². The van der Waals surface area contributed by atoms with Crippen molar-refractivity contribution in [3.05, 3.63) is 60.6 Å². The molecule has 1 saturated carbocycles. The van der Waals surface area contributed by atoms with E-state index in [2.05, 4.69) is 27.5 Å². The number of amides is 1. The monoisotopic (exact) mass is 428 g/mol. The van der Waals surface area contributed by atoms with Crippen LogP contribution in [0.4, 0.5) is 5.69 Å². The summed E-state index contributed by atoms with van der Waals surface area (Å²) in [4.78, 5) is 12.0. The largest absolute Gasteiger partial charge is 0.496 e. The average Bonchev–Trinajstić information content (AvgIpc) is 3.52. The van der Waals surface area contributed by atoms with Crippen molar-refractivity contribution in [3.8, 4) is 22.6 Å². The fraction of sp³-hybridized carbons (Fsp3) is 0.250. The van der Waals surface area contributed by atoms with Crippen molar-refractivity contribution in [1.29, 1.82) is 0 Å². The zero-order valence-corrected chi connectivity index (χ0v) is 17.9. The highest BCUT2D eigenvalue weighted by atomic mass is 16.5. The van der Waals surface area contributed by atoms with Crippen LogP contribution in [0.2, 0.25) is 0 Å². The molecule has 1 aliphatic carbocycles. The summed E-state index contributed by atoms with van der Waals surface area (Å²) in [6, 6.07) is 13.9. The molecule has 4 aromatic rings. The molecule has 2 aromatic heterocycles. The van der Waals surface area contributed by atoms with Gasteiger partial charge in [-0.1, -0.05) is 6.07 Å². The van der Waals surface area contributed by atoms with E-state index in [1.807, 2.05) is 48.7 Å². The highest BCUT2D eigenvalue weighted by Gasteiger charge is 2.29. The maximum atomic E-state index is 12.0. The molecule has 0 spiro atoms. The summed E-state index contributed by atoms with van der Waals surface area (Å²) in [6.45, 7) is 2.12. The Hall–Kier alpha value is -3.94. The summed E-state index contributed by atoms with van der Waals surface area (Å²) < 4.78 is 7.40. The minimum Gasteiger partial charge on any atom is -0.496 e. The lowest BCUT2D eigenvalue weighted by atomic mass is 10.0. The van der Waals surface area contributed by atoms with E-state index >= 15 is 0 Å². The summed E-state index contributed by atoms with van der Waals surface area (Å²) in [6.07, 6.45) is 6.00. The number of aromatic nitrogens is 4. The van der Waals surface area contributed by atoms with Gasteiger partial charge in [-0.2, -0.15) is 5.10 Å². The van der Waals surface area contributed by atoms with Crippen molar-refractivity contribution < 1.29 is 9.53 Å². The van der Waals surface area contributed by atoms with Gasteiger partial charge < -0.3 is 15.8 Å². The fourth-order valence-corrected chi connectivity index (χ4v) is 4.02. The molecule has 0 saturated heterocycles. The number of ether oxygens (including phenoxy) is 1. The van der Waals surface area contributed by atoms with E-state index in [1.54, 1.807) is 18.0 Å². The van der Waals surface area contributed by atoms with E-state index in [1.165, 1.54) is 12.8 Å². The van der Waals surface area contributed by atoms with Gasteiger partial charge in [-0.25, -0.2) is 4.68 Å². The summed E-state index contributed by atoms with van der Waals surface area (Å²) in [5, 5.41) is 17.0. The first kappa shape index (κ1) is 20.0. The van der Waals surface area contributed by atoms with Crippen LogP contribution in [0, 0.1) is 5.92 Å². The molecular formula is C24H24N6O2. The number of anilines is 1. The zero-order chi connectivity index (χ0) is 22.2. The number of primary amides is 1. The third-order valence-corrected chi connectivity index (χ3v) is 5.96. The predicted octanol–water partition coefficient (Wildman–Crippen LogP) is 3.80. The molecule has 8 heteroatoms. The van der Waals surface area contributed by atoms with E-state index in [4.69, 9.17) is 10.5 Å². The lowest BCUT2D eigenvalue weighted by molar-refractivity contribution is 0.0995. The van der Waals surface area contributed by atoms with Crippen LogP contribution in [-0.4, -0.2) is 39.0 Å². The molecule has 32 heavy (non-hydrogen) atoms. The Balaban J connectivity index is 1.62. The van der Waals surface area contributed by atoms with Gasteiger partial charge in [0.05, 0.1) is 24.0 Å². The Morgan fingerprint density at radius 2 is 2.06 bits per heavy atom. The van der Waals surface area contributed by atoms with Gasteiger partial charge in [0.15, 0.2) is 5.69 Å². The average molecular weight is 428 g/mol. The van der Waals surface area contributed by atoms with Crippen LogP contribution in [0.5, 0.6) is 5.75 Å². The second-order valence-corrected chi connectivity index (χ2v) is 8.13. The Morgan fingerprint density at radius 1 is 1.22 bits per heavy atom. The van der Waals surface area contributed by atoms with Gasteiger partial charge in [0.25, 0.3) is 5.91 Å². The number of hydrogen-bond donors (Lipinski definition) is 2. The maximum Gasteiger partial charge on any atom is 0.271 e. The first-order valence-corrected chi connectivity index (χ1v) is 10.6. The van der Waals surface area contributed by atoms with Gasteiger partial charge in [0, 0.05) is 29.4 Å². The molecule has 1 fully saturated rings. The molecule has 162 valence electrons. The molecule has 1 amide bonds. The number of carbonyl (C=O) groups is 1. The summed E-state index contributed by atoms with van der Waals surface area (Å²) in [7, 11) is 1.65. The number of benzene rings is 2. The fourth-order valence-electron chi connectivity index (χ4n) is 4.02. The zero-order valence-electron chi connectivity index (χ0n) is 17.9. The molecule has 1 aliphatic rings. The topological polar surface area (TPSA) is 108 Å². The highest BCUT2D eigenvalue weighted by molar-refractivity contribution is 6.05. The smallest absolute Gasteiger partial charge is 0.271 e. The number of methoxy groups -OCH3 is 1. The molecule has 8 nitrogen and oxygen atoms in total. The second-order valence-electron chi connectivity index (χ2n) is 8.13. The molecule has 1 atom stereocenters. The van der Waals surface area contributed by atoms with Crippen molar-refractivity contribution in [2.24, 2.45) is 11.7 Å². The predicted molar refractivity (Wildman–Crippen MR) is 123 cm³/mol. The Morgan fingerprint density at radius 3 is 2.75 bits per heavy atom. The quantitative estimate of drug-likeness (QED) is 0.464. The SMILES string of the molecule is COc1ccc(-n2cccn2)cc1-c1ccc2c(NC(C)C3CC3)c(C(N)=O)nnc2c1. The van der Waals surface area contributed by atoms with Gasteiger partial charge in [0.2, 0.25) is 0 Å². The summed E-state index contributed by atoms with van der Waals surface area (Å²) in [5.41, 5.74) is 9.81. The number of hydrogen-bond acceptors (Lipinski definition) is 6. The number of nitrogens with zero attached hydrogens (tertiary/aromatic N) is 4. The van der Waals surface area contributed by atoms with Gasteiger partial charge in [-0.3, -0.25) is 4.79 Å². The lowest BCUT2D eigenvalue weighted by Crippen LogP contribution is -2.23. The van der Waals surface area contributed by atoms with E-state index in [0.717, 1.165) is 28.0 Å². The van der Waals surface area contributed by atoms with Crippen LogP contribution >= 0.6 is 0 Å². The standard InChI is InChI=1S/C24H24N6O2/c1-14(15-4-5-15)27-22-18-8-6-16(12-20(18)28-29-23(22)24(25)31)19-13-17(7-9-21(19)32-2)30-11-3-10-26-30/h3,6-15H,4-5H2,1-2H3,(H2,25,31)(H,27,28). The normalized spacial score (nSPS) is 14.3. The van der Waals surface area contributed by atoms with Crippen LogP contribution in [0.15, 0.2) is 54.9 Å². The Labute approximate surface area is 185 Å². The molecule has 1 unspecified atom stereocenters. The number of nitrogens with one attached hydrogen (secondary N) is 1. The molecule has 3 N–H and O–H groups in total. The van der Waals surface area contributed by atoms with Crippen molar-refractivity contribution in [2.45, 2.75) is 25.8 Å². The lowest BCUT2D eigenvalue weighted by Gasteiger charge is -2.18. The molecular weight excluding hydrogens is 404 g/mol. The van der Waals surface area contributed by atoms with E-state index in [9.17, 15) is 4.79 Å². The molecule has 0 aliphatic heterocycles. The number of nitrogens with two attached hydrogens (primary N) is 1. The van der Waals surface area contributed by atoms with Gasteiger partial charge in [-0.05, 0) is 67.6 Å². The first-order valence-electron chi connectivity index (χ1n) is 10.6. The molecule has 2 aromatic carbocycles. The third-order valence-electron chi connectivity index (χ3n) is 5.96. The second kappa shape index (κ2) is 7.96. The van der Waals surface area contributed by atoms with Crippen molar-refractivity contribution in [1.82, 2.24) is 20.0 Å². The van der Waals surface area contributed by atoms with Gasteiger partial charge in [0.1, 0.15) is 5.75 Å². The third kappa shape index (κ3) is 3.64. The van der Waals surface area contributed by atoms with Gasteiger partial charge in [-0.15, -0.1) is 10.2 Å². The van der Waals surface area contributed by atoms with E-state index in [0.29, 0.717) is 17.1 Å². The number of carbonyl (C=O) groups excluding carboxylic acids is 1. The van der Waals surface area contributed by atoms with Crippen molar-refractivity contribution in [2.75, 3.05) is 12.4 Å². The van der Waals surface area contributed by atoms with Crippen LogP contribution in [0.25, 0.3) is 27.7 Å². The number of rotatable bonds is 7. The highest BCUT2D eigenvalue weighted by Crippen LogP contribution is 2.37. The van der Waals surface area contributed by atoms with Crippen LogP contribution in [-0.2, 0) is 0 Å². The minimum absolute atomic E-state index is 0.163. The van der Waals surface area contributed by atoms with Crippen LogP contribution in [0.3, 0.4) is 0 Å².